The summed E-state index contributed by atoms with van der Waals surface area (Å²) in [6.45, 7) is 9.88. The first-order valence-corrected chi connectivity index (χ1v) is 6.79. The van der Waals surface area contributed by atoms with Crippen LogP contribution >= 0.6 is 0 Å². The lowest BCUT2D eigenvalue weighted by atomic mass is 9.74. The van der Waals surface area contributed by atoms with Crippen molar-refractivity contribution >= 4 is 12.6 Å². The first kappa shape index (κ1) is 14.6. The molecular weight excluding hydrogens is 239 g/mol. The molecule has 1 N–H and O–H groups in total. The molecule has 0 radical (unpaired) electrons. The molecule has 104 valence electrons. The van der Waals surface area contributed by atoms with E-state index in [4.69, 9.17) is 9.31 Å². The summed E-state index contributed by atoms with van der Waals surface area (Å²) in [5.74, 6) is 0. The summed E-state index contributed by atoms with van der Waals surface area (Å²) in [4.78, 5) is 0. The molecular formula is C15H23BO3. The van der Waals surface area contributed by atoms with Crippen molar-refractivity contribution in [3.63, 3.8) is 0 Å². The normalized spacial score (nSPS) is 19.5. The molecule has 0 bridgehead atoms. The van der Waals surface area contributed by atoms with Crippen LogP contribution in [0.2, 0.25) is 0 Å². The van der Waals surface area contributed by atoms with Gasteiger partial charge in [0.25, 0.3) is 0 Å². The molecule has 3 nitrogen and oxygen atoms in total. The van der Waals surface area contributed by atoms with E-state index in [2.05, 4.69) is 13.8 Å². The van der Waals surface area contributed by atoms with Gasteiger partial charge < -0.3 is 14.4 Å². The molecule has 0 spiro atoms. The van der Waals surface area contributed by atoms with E-state index in [9.17, 15) is 5.11 Å². The quantitative estimate of drug-likeness (QED) is 0.843. The smallest absolute Gasteiger partial charge is 0.407 e. The zero-order valence-corrected chi connectivity index (χ0v) is 12.3. The highest BCUT2D eigenvalue weighted by Gasteiger charge is 2.33. The fourth-order valence-electron chi connectivity index (χ4n) is 2.07. The molecule has 2 rings (SSSR count). The van der Waals surface area contributed by atoms with Gasteiger partial charge in [-0.1, -0.05) is 52.0 Å². The molecule has 1 heterocycles. The molecule has 4 heteroatoms. The highest BCUT2D eigenvalue weighted by atomic mass is 16.6. The van der Waals surface area contributed by atoms with Gasteiger partial charge in [-0.3, -0.25) is 0 Å². The molecule has 19 heavy (non-hydrogen) atoms. The second-order valence-electron chi connectivity index (χ2n) is 6.78. The Morgan fingerprint density at radius 2 is 1.68 bits per heavy atom. The van der Waals surface area contributed by atoms with E-state index in [1.807, 2.05) is 38.1 Å². The van der Waals surface area contributed by atoms with Crippen LogP contribution in [0.25, 0.3) is 0 Å². The van der Waals surface area contributed by atoms with Gasteiger partial charge in [0.05, 0.1) is 6.61 Å². The Balaban J connectivity index is 2.07. The van der Waals surface area contributed by atoms with Crippen LogP contribution in [0.3, 0.4) is 0 Å². The second-order valence-corrected chi connectivity index (χ2v) is 6.78. The van der Waals surface area contributed by atoms with Crippen LogP contribution in [0.5, 0.6) is 0 Å². The summed E-state index contributed by atoms with van der Waals surface area (Å²) in [7, 11) is -0.265. The van der Waals surface area contributed by atoms with Crippen molar-refractivity contribution < 1.29 is 14.4 Å². The number of aliphatic hydroxyl groups excluding tert-OH is 1. The summed E-state index contributed by atoms with van der Waals surface area (Å²) in [5, 5.41) is 9.37. The zero-order chi connectivity index (χ0) is 14.1. The number of aliphatic hydroxyl groups is 1. The molecule has 1 aliphatic heterocycles. The highest BCUT2D eigenvalue weighted by molar-refractivity contribution is 6.61. The fraction of sp³-hybridized carbons (Fsp3) is 0.600. The van der Waals surface area contributed by atoms with E-state index in [1.54, 1.807) is 0 Å². The first-order valence-electron chi connectivity index (χ1n) is 6.79. The molecule has 1 aromatic carbocycles. The van der Waals surface area contributed by atoms with Gasteiger partial charge in [-0.05, 0) is 11.0 Å². The Morgan fingerprint density at radius 1 is 1.16 bits per heavy atom. The molecule has 1 aliphatic rings. The van der Waals surface area contributed by atoms with Gasteiger partial charge in [-0.15, -0.1) is 0 Å². The molecule has 0 atom stereocenters. The van der Waals surface area contributed by atoms with Gasteiger partial charge in [0, 0.05) is 24.0 Å². The summed E-state index contributed by atoms with van der Waals surface area (Å²) >= 11 is 0. The Hall–Kier alpha value is -0.835. The molecule has 0 aromatic heterocycles. The first-order chi connectivity index (χ1) is 8.84. The predicted octanol–water partition coefficient (Wildman–Crippen LogP) is 1.72. The lowest BCUT2D eigenvalue weighted by Gasteiger charge is -2.33. The van der Waals surface area contributed by atoms with Crippen LogP contribution in [0, 0.1) is 5.41 Å². The molecule has 0 aliphatic carbocycles. The minimum absolute atomic E-state index is 0.0926. The van der Waals surface area contributed by atoms with E-state index in [0.717, 1.165) is 11.0 Å². The average molecular weight is 262 g/mol. The lowest BCUT2D eigenvalue weighted by Crippen LogP contribution is -2.47. The predicted molar refractivity (Wildman–Crippen MR) is 77.6 cm³/mol. The third-order valence-corrected chi connectivity index (χ3v) is 3.61. The van der Waals surface area contributed by atoms with Gasteiger partial charge in [-0.25, -0.2) is 0 Å². The third-order valence-electron chi connectivity index (χ3n) is 3.61. The zero-order valence-electron chi connectivity index (χ0n) is 12.3. The maximum atomic E-state index is 9.37. The van der Waals surface area contributed by atoms with Crippen LogP contribution in [0.15, 0.2) is 24.3 Å². The van der Waals surface area contributed by atoms with Crippen molar-refractivity contribution in [2.24, 2.45) is 5.41 Å². The SMILES string of the molecule is CC1(C)COB(c2ccc(C(C)(C)CO)cc2)OC1. The number of hydrogen-bond acceptors (Lipinski definition) is 3. The van der Waals surface area contributed by atoms with E-state index in [-0.39, 0.29) is 24.6 Å². The summed E-state index contributed by atoms with van der Waals surface area (Å²) < 4.78 is 11.5. The minimum atomic E-state index is -0.265. The van der Waals surface area contributed by atoms with Crippen LogP contribution in [-0.2, 0) is 14.7 Å². The van der Waals surface area contributed by atoms with Crippen molar-refractivity contribution in [2.75, 3.05) is 19.8 Å². The van der Waals surface area contributed by atoms with Crippen LogP contribution in [0.4, 0.5) is 0 Å². The summed E-state index contributed by atoms with van der Waals surface area (Å²) in [6, 6.07) is 8.13. The number of benzene rings is 1. The van der Waals surface area contributed by atoms with Gasteiger partial charge in [-0.2, -0.15) is 0 Å². The molecule has 0 unspecified atom stereocenters. The maximum Gasteiger partial charge on any atom is 0.493 e. The van der Waals surface area contributed by atoms with Crippen molar-refractivity contribution in [1.82, 2.24) is 0 Å². The van der Waals surface area contributed by atoms with E-state index in [1.165, 1.54) is 0 Å². The van der Waals surface area contributed by atoms with Crippen molar-refractivity contribution in [3.8, 4) is 0 Å². The molecule has 0 saturated carbocycles. The Bertz CT molecular complexity index is 416. The van der Waals surface area contributed by atoms with Gasteiger partial charge >= 0.3 is 7.12 Å². The minimum Gasteiger partial charge on any atom is -0.407 e. The Morgan fingerprint density at radius 3 is 2.16 bits per heavy atom. The highest BCUT2D eigenvalue weighted by Crippen LogP contribution is 2.23. The fourth-order valence-corrected chi connectivity index (χ4v) is 2.07. The van der Waals surface area contributed by atoms with E-state index in [0.29, 0.717) is 13.2 Å². The Labute approximate surface area is 116 Å². The van der Waals surface area contributed by atoms with Crippen LogP contribution < -0.4 is 5.46 Å². The maximum absolute atomic E-state index is 9.37. The van der Waals surface area contributed by atoms with Gasteiger partial charge in [0.1, 0.15) is 0 Å². The van der Waals surface area contributed by atoms with Crippen LogP contribution in [0.1, 0.15) is 33.3 Å². The largest absolute Gasteiger partial charge is 0.493 e. The molecule has 1 aromatic rings. The van der Waals surface area contributed by atoms with Crippen molar-refractivity contribution in [1.29, 1.82) is 0 Å². The standard InChI is InChI=1S/C15H23BO3/c1-14(2)10-18-16(19-11-14)13-7-5-12(6-8-13)15(3,4)9-17/h5-8,17H,9-11H2,1-4H3. The average Bonchev–Trinajstić information content (AvgIpc) is 2.39. The topological polar surface area (TPSA) is 38.7 Å². The van der Waals surface area contributed by atoms with Crippen molar-refractivity contribution in [2.45, 2.75) is 33.1 Å². The van der Waals surface area contributed by atoms with Crippen molar-refractivity contribution in [3.05, 3.63) is 29.8 Å². The van der Waals surface area contributed by atoms with Gasteiger partial charge in [0.15, 0.2) is 0 Å². The number of hydrogen-bond donors (Lipinski definition) is 1. The Kier molecular flexibility index (Phi) is 4.04. The van der Waals surface area contributed by atoms with E-state index >= 15 is 0 Å². The lowest BCUT2D eigenvalue weighted by molar-refractivity contribution is 0.0343. The van der Waals surface area contributed by atoms with E-state index < -0.39 is 0 Å². The monoisotopic (exact) mass is 262 g/mol. The van der Waals surface area contributed by atoms with Crippen LogP contribution in [-0.4, -0.2) is 32.0 Å². The third kappa shape index (κ3) is 3.38. The summed E-state index contributed by atoms with van der Waals surface area (Å²) in [5.41, 5.74) is 2.03. The second kappa shape index (κ2) is 5.27. The van der Waals surface area contributed by atoms with Gasteiger partial charge in [0.2, 0.25) is 0 Å². The number of rotatable bonds is 3. The molecule has 0 amide bonds. The summed E-state index contributed by atoms with van der Waals surface area (Å²) in [6.07, 6.45) is 0. The molecule has 1 fully saturated rings. The molecule has 1 saturated heterocycles.